The maximum Gasteiger partial charge on any atom is 0.197 e. The molecule has 0 N–H and O–H groups in total. The maximum absolute atomic E-state index is 5.88. The Bertz CT molecular complexity index is 484. The van der Waals surface area contributed by atoms with E-state index in [1.54, 1.807) is 18.2 Å². The standard InChI is InChI=1S/C10H8BrClN2O/c1-2-6-5-9(12)14-10(13-6)7-3-4-8(11)15-7/h3-5H,2H2,1H3. The van der Waals surface area contributed by atoms with Crippen molar-refractivity contribution in [2.75, 3.05) is 0 Å². The number of halogens is 2. The van der Waals surface area contributed by atoms with Gasteiger partial charge in [0.15, 0.2) is 16.3 Å². The van der Waals surface area contributed by atoms with E-state index in [9.17, 15) is 0 Å². The highest BCUT2D eigenvalue weighted by atomic mass is 79.9. The minimum Gasteiger partial charge on any atom is -0.446 e. The Labute approximate surface area is 101 Å². The first-order valence-corrected chi connectivity index (χ1v) is 5.65. The number of hydrogen-bond donors (Lipinski definition) is 0. The lowest BCUT2D eigenvalue weighted by molar-refractivity contribution is 0.551. The summed E-state index contributed by atoms with van der Waals surface area (Å²) in [5.74, 6) is 1.13. The van der Waals surface area contributed by atoms with Gasteiger partial charge in [-0.25, -0.2) is 9.97 Å². The molecular weight excluding hydrogens is 279 g/mol. The molecule has 0 aliphatic rings. The van der Waals surface area contributed by atoms with Gasteiger partial charge in [-0.1, -0.05) is 18.5 Å². The summed E-state index contributed by atoms with van der Waals surface area (Å²) in [5, 5.41) is 0.435. The number of hydrogen-bond acceptors (Lipinski definition) is 3. The van der Waals surface area contributed by atoms with Crippen LogP contribution < -0.4 is 0 Å². The third-order valence-electron chi connectivity index (χ3n) is 1.90. The normalized spacial score (nSPS) is 10.6. The summed E-state index contributed by atoms with van der Waals surface area (Å²) in [4.78, 5) is 8.43. The van der Waals surface area contributed by atoms with Gasteiger partial charge in [0.25, 0.3) is 0 Å². The summed E-state index contributed by atoms with van der Waals surface area (Å²) in [5.41, 5.74) is 0.900. The van der Waals surface area contributed by atoms with Gasteiger partial charge in [0, 0.05) is 5.69 Å². The van der Waals surface area contributed by atoms with Gasteiger partial charge < -0.3 is 4.42 Å². The van der Waals surface area contributed by atoms with Crippen molar-refractivity contribution >= 4 is 27.5 Å². The van der Waals surface area contributed by atoms with Crippen LogP contribution in [0.25, 0.3) is 11.6 Å². The number of aromatic nitrogens is 2. The second-order valence-corrected chi connectivity index (χ2v) is 4.13. The van der Waals surface area contributed by atoms with Crippen LogP contribution in [0.1, 0.15) is 12.6 Å². The summed E-state index contributed by atoms with van der Waals surface area (Å²) in [6.45, 7) is 2.01. The summed E-state index contributed by atoms with van der Waals surface area (Å²) in [7, 11) is 0. The van der Waals surface area contributed by atoms with Crippen molar-refractivity contribution in [3.05, 3.63) is 33.7 Å². The molecule has 78 valence electrons. The van der Waals surface area contributed by atoms with Crippen molar-refractivity contribution in [1.29, 1.82) is 0 Å². The van der Waals surface area contributed by atoms with Crippen LogP contribution in [0.5, 0.6) is 0 Å². The van der Waals surface area contributed by atoms with Crippen LogP contribution in [0.3, 0.4) is 0 Å². The number of nitrogens with zero attached hydrogens (tertiary/aromatic N) is 2. The molecule has 0 atom stereocenters. The molecule has 0 aliphatic carbocycles. The lowest BCUT2D eigenvalue weighted by atomic mass is 10.3. The van der Waals surface area contributed by atoms with Gasteiger partial charge in [0.1, 0.15) is 5.15 Å². The van der Waals surface area contributed by atoms with E-state index in [0.717, 1.165) is 12.1 Å². The Balaban J connectivity index is 2.48. The molecule has 2 aromatic rings. The smallest absolute Gasteiger partial charge is 0.197 e. The molecule has 0 bridgehead atoms. The van der Waals surface area contributed by atoms with Crippen LogP contribution in [0.4, 0.5) is 0 Å². The molecule has 0 spiro atoms. The molecule has 2 aromatic heterocycles. The molecule has 0 amide bonds. The largest absolute Gasteiger partial charge is 0.446 e. The SMILES string of the molecule is CCc1cc(Cl)nc(-c2ccc(Br)o2)n1. The quantitative estimate of drug-likeness (QED) is 0.790. The summed E-state index contributed by atoms with van der Waals surface area (Å²) >= 11 is 9.11. The topological polar surface area (TPSA) is 38.9 Å². The van der Waals surface area contributed by atoms with Crippen molar-refractivity contribution in [2.24, 2.45) is 0 Å². The van der Waals surface area contributed by atoms with E-state index in [2.05, 4.69) is 25.9 Å². The van der Waals surface area contributed by atoms with E-state index in [1.807, 2.05) is 6.92 Å². The first kappa shape index (κ1) is 10.6. The van der Waals surface area contributed by atoms with Gasteiger partial charge in [-0.3, -0.25) is 0 Å². The average Bonchev–Trinajstić information content (AvgIpc) is 2.64. The zero-order valence-electron chi connectivity index (χ0n) is 8.00. The lowest BCUT2D eigenvalue weighted by Gasteiger charge is -2.00. The van der Waals surface area contributed by atoms with Gasteiger partial charge in [0.05, 0.1) is 0 Å². The number of aryl methyl sites for hydroxylation is 1. The van der Waals surface area contributed by atoms with Crippen molar-refractivity contribution in [1.82, 2.24) is 9.97 Å². The van der Waals surface area contributed by atoms with E-state index in [0.29, 0.717) is 21.4 Å². The molecule has 0 radical (unpaired) electrons. The van der Waals surface area contributed by atoms with Crippen LogP contribution >= 0.6 is 27.5 Å². The highest BCUT2D eigenvalue weighted by molar-refractivity contribution is 9.10. The molecule has 2 rings (SSSR count). The van der Waals surface area contributed by atoms with Crippen LogP contribution in [0.15, 0.2) is 27.3 Å². The van der Waals surface area contributed by atoms with E-state index in [1.165, 1.54) is 0 Å². The van der Waals surface area contributed by atoms with E-state index in [4.69, 9.17) is 16.0 Å². The first-order chi connectivity index (χ1) is 7.19. The molecule has 0 fully saturated rings. The second kappa shape index (κ2) is 4.33. The highest BCUT2D eigenvalue weighted by Crippen LogP contribution is 2.23. The molecule has 5 heteroatoms. The number of furan rings is 1. The fourth-order valence-corrected chi connectivity index (χ4v) is 1.70. The molecule has 0 unspecified atom stereocenters. The summed E-state index contributed by atoms with van der Waals surface area (Å²) in [6, 6.07) is 5.35. The van der Waals surface area contributed by atoms with Gasteiger partial charge in [-0.15, -0.1) is 0 Å². The maximum atomic E-state index is 5.88. The molecule has 3 nitrogen and oxygen atoms in total. The highest BCUT2D eigenvalue weighted by Gasteiger charge is 2.08. The van der Waals surface area contributed by atoms with E-state index in [-0.39, 0.29) is 0 Å². The van der Waals surface area contributed by atoms with Crippen LogP contribution in [0.2, 0.25) is 5.15 Å². The zero-order valence-corrected chi connectivity index (χ0v) is 10.3. The van der Waals surface area contributed by atoms with Gasteiger partial charge >= 0.3 is 0 Å². The average molecular weight is 288 g/mol. The predicted molar refractivity (Wildman–Crippen MR) is 61.8 cm³/mol. The van der Waals surface area contributed by atoms with Crippen molar-refractivity contribution in [3.8, 4) is 11.6 Å². The van der Waals surface area contributed by atoms with Crippen molar-refractivity contribution in [2.45, 2.75) is 13.3 Å². The Morgan fingerprint density at radius 1 is 1.40 bits per heavy atom. The van der Waals surface area contributed by atoms with Gasteiger partial charge in [0.2, 0.25) is 0 Å². The molecule has 0 aliphatic heterocycles. The zero-order chi connectivity index (χ0) is 10.8. The van der Waals surface area contributed by atoms with Crippen molar-refractivity contribution in [3.63, 3.8) is 0 Å². The monoisotopic (exact) mass is 286 g/mol. The second-order valence-electron chi connectivity index (χ2n) is 2.96. The summed E-state index contributed by atoms with van der Waals surface area (Å²) < 4.78 is 6.01. The fraction of sp³-hybridized carbons (Fsp3) is 0.200. The third-order valence-corrected chi connectivity index (χ3v) is 2.52. The lowest BCUT2D eigenvalue weighted by Crippen LogP contribution is -1.93. The van der Waals surface area contributed by atoms with Crippen LogP contribution in [-0.4, -0.2) is 9.97 Å². The van der Waals surface area contributed by atoms with E-state index >= 15 is 0 Å². The molecule has 2 heterocycles. The fourth-order valence-electron chi connectivity index (χ4n) is 1.19. The molecule has 0 saturated carbocycles. The third kappa shape index (κ3) is 2.38. The Hall–Kier alpha value is -0.870. The Morgan fingerprint density at radius 3 is 2.80 bits per heavy atom. The van der Waals surface area contributed by atoms with E-state index < -0.39 is 0 Å². The molecule has 15 heavy (non-hydrogen) atoms. The van der Waals surface area contributed by atoms with Crippen LogP contribution in [-0.2, 0) is 6.42 Å². The summed E-state index contributed by atoms with van der Waals surface area (Å²) in [6.07, 6.45) is 0.817. The predicted octanol–water partition coefficient (Wildman–Crippen LogP) is 3.71. The van der Waals surface area contributed by atoms with Gasteiger partial charge in [-0.2, -0.15) is 0 Å². The molecule has 0 aromatic carbocycles. The minimum absolute atomic E-state index is 0.435. The molecule has 0 saturated heterocycles. The minimum atomic E-state index is 0.435. The van der Waals surface area contributed by atoms with Crippen LogP contribution in [0, 0.1) is 0 Å². The van der Waals surface area contributed by atoms with Gasteiger partial charge in [-0.05, 0) is 40.5 Å². The first-order valence-electron chi connectivity index (χ1n) is 4.48. The van der Waals surface area contributed by atoms with Crippen molar-refractivity contribution < 1.29 is 4.42 Å². The Morgan fingerprint density at radius 2 is 2.20 bits per heavy atom. The number of rotatable bonds is 2. The Kier molecular flexibility index (Phi) is 3.07. The molecular formula is C10H8BrClN2O.